The number of nitriles is 1. The van der Waals surface area contributed by atoms with E-state index in [0.717, 1.165) is 38.8 Å². The summed E-state index contributed by atoms with van der Waals surface area (Å²) in [5.41, 5.74) is -0.611. The molecule has 2 fully saturated rings. The molecule has 1 saturated carbocycles. The Labute approximate surface area is 114 Å². The van der Waals surface area contributed by atoms with Gasteiger partial charge in [-0.05, 0) is 39.5 Å². The van der Waals surface area contributed by atoms with E-state index in [0.29, 0.717) is 6.54 Å². The van der Waals surface area contributed by atoms with Gasteiger partial charge in [-0.2, -0.15) is 5.26 Å². The van der Waals surface area contributed by atoms with E-state index in [-0.39, 0.29) is 18.1 Å². The van der Waals surface area contributed by atoms with Crippen LogP contribution in [0.25, 0.3) is 0 Å². The maximum Gasteiger partial charge on any atom is 0.235 e. The van der Waals surface area contributed by atoms with Crippen molar-refractivity contribution in [3.63, 3.8) is 0 Å². The van der Waals surface area contributed by atoms with E-state index in [4.69, 9.17) is 4.74 Å². The minimum absolute atomic E-state index is 0.0373. The van der Waals surface area contributed by atoms with E-state index in [1.807, 2.05) is 13.8 Å². The summed E-state index contributed by atoms with van der Waals surface area (Å²) in [6.45, 7) is 5.96. The lowest BCUT2D eigenvalue weighted by atomic mass is 10.00. The Morgan fingerprint density at radius 3 is 2.47 bits per heavy atom. The SMILES string of the molecule is CC1CN(CC(=O)NC2(C#N)CCCC2)CC(C)O1. The number of carbonyl (C=O) groups is 1. The van der Waals surface area contributed by atoms with Gasteiger partial charge in [-0.25, -0.2) is 0 Å². The number of hydrogen-bond acceptors (Lipinski definition) is 4. The Bertz CT molecular complexity index is 361. The van der Waals surface area contributed by atoms with Crippen molar-refractivity contribution in [2.24, 2.45) is 0 Å². The van der Waals surface area contributed by atoms with Crippen molar-refractivity contribution in [2.45, 2.75) is 57.3 Å². The molecule has 2 aliphatic rings. The maximum atomic E-state index is 12.1. The molecule has 19 heavy (non-hydrogen) atoms. The van der Waals surface area contributed by atoms with Crippen molar-refractivity contribution in [1.82, 2.24) is 10.2 Å². The first-order valence-electron chi connectivity index (χ1n) is 7.13. The highest BCUT2D eigenvalue weighted by molar-refractivity contribution is 5.79. The molecule has 1 aliphatic carbocycles. The molecule has 1 aliphatic heterocycles. The Balaban J connectivity index is 1.85. The number of nitrogens with one attached hydrogen (secondary N) is 1. The first kappa shape index (κ1) is 14.3. The second-order valence-corrected chi connectivity index (χ2v) is 5.90. The highest BCUT2D eigenvalue weighted by Crippen LogP contribution is 2.28. The average Bonchev–Trinajstić information content (AvgIpc) is 2.76. The topological polar surface area (TPSA) is 65.4 Å². The predicted octanol–water partition coefficient (Wildman–Crippen LogP) is 1.05. The molecule has 1 saturated heterocycles. The third-order valence-electron chi connectivity index (χ3n) is 3.91. The van der Waals surface area contributed by atoms with E-state index in [1.54, 1.807) is 0 Å². The zero-order valence-corrected chi connectivity index (χ0v) is 11.8. The van der Waals surface area contributed by atoms with Gasteiger partial charge in [-0.1, -0.05) is 0 Å². The van der Waals surface area contributed by atoms with Gasteiger partial charge in [0.05, 0.1) is 24.8 Å². The lowest BCUT2D eigenvalue weighted by molar-refractivity contribution is -0.127. The first-order chi connectivity index (χ1) is 9.03. The summed E-state index contributed by atoms with van der Waals surface area (Å²) >= 11 is 0. The highest BCUT2D eigenvalue weighted by atomic mass is 16.5. The quantitative estimate of drug-likeness (QED) is 0.828. The summed E-state index contributed by atoms with van der Waals surface area (Å²) in [6.07, 6.45) is 3.94. The van der Waals surface area contributed by atoms with Crippen molar-refractivity contribution in [3.05, 3.63) is 0 Å². The standard InChI is InChI=1S/C14H23N3O2/c1-11-7-17(8-12(2)19-11)9-13(18)16-14(10-15)5-3-4-6-14/h11-12H,3-9H2,1-2H3,(H,16,18). The number of carbonyl (C=O) groups excluding carboxylic acids is 1. The fourth-order valence-electron chi connectivity index (χ4n) is 3.17. The monoisotopic (exact) mass is 265 g/mol. The van der Waals surface area contributed by atoms with Crippen LogP contribution in [0.3, 0.4) is 0 Å². The van der Waals surface area contributed by atoms with Crippen LogP contribution >= 0.6 is 0 Å². The molecular formula is C14H23N3O2. The van der Waals surface area contributed by atoms with Crippen molar-refractivity contribution in [1.29, 1.82) is 5.26 Å². The summed E-state index contributed by atoms with van der Waals surface area (Å²) in [7, 11) is 0. The predicted molar refractivity (Wildman–Crippen MR) is 71.4 cm³/mol. The maximum absolute atomic E-state index is 12.1. The van der Waals surface area contributed by atoms with Gasteiger partial charge >= 0.3 is 0 Å². The van der Waals surface area contributed by atoms with Crippen LogP contribution in [-0.2, 0) is 9.53 Å². The molecule has 106 valence electrons. The van der Waals surface area contributed by atoms with E-state index in [2.05, 4.69) is 16.3 Å². The lowest BCUT2D eigenvalue weighted by Gasteiger charge is -2.35. The second kappa shape index (κ2) is 5.89. The molecule has 0 radical (unpaired) electrons. The van der Waals surface area contributed by atoms with E-state index in [9.17, 15) is 10.1 Å². The largest absolute Gasteiger partial charge is 0.373 e. The van der Waals surface area contributed by atoms with E-state index >= 15 is 0 Å². The van der Waals surface area contributed by atoms with Gasteiger partial charge in [0.15, 0.2) is 0 Å². The molecule has 5 nitrogen and oxygen atoms in total. The van der Waals surface area contributed by atoms with Crippen LogP contribution in [0.4, 0.5) is 0 Å². The molecule has 2 rings (SSSR count). The lowest BCUT2D eigenvalue weighted by Crippen LogP contribution is -2.53. The minimum atomic E-state index is -0.611. The molecule has 5 heteroatoms. The van der Waals surface area contributed by atoms with Gasteiger partial charge in [0.1, 0.15) is 5.54 Å². The minimum Gasteiger partial charge on any atom is -0.373 e. The third kappa shape index (κ3) is 3.68. The number of rotatable bonds is 3. The van der Waals surface area contributed by atoms with Gasteiger partial charge in [0, 0.05) is 13.1 Å². The molecule has 1 heterocycles. The van der Waals surface area contributed by atoms with Crippen LogP contribution in [0.1, 0.15) is 39.5 Å². The normalized spacial score (nSPS) is 30.8. The average molecular weight is 265 g/mol. The van der Waals surface area contributed by atoms with Gasteiger partial charge < -0.3 is 10.1 Å². The van der Waals surface area contributed by atoms with Crippen LogP contribution in [0.2, 0.25) is 0 Å². The summed E-state index contributed by atoms with van der Waals surface area (Å²) in [4.78, 5) is 14.2. The number of nitrogens with zero attached hydrogens (tertiary/aromatic N) is 2. The fraction of sp³-hybridized carbons (Fsp3) is 0.857. The summed E-state index contributed by atoms with van der Waals surface area (Å²) in [6, 6.07) is 2.29. The smallest absolute Gasteiger partial charge is 0.235 e. The number of ether oxygens (including phenoxy) is 1. The molecule has 0 aromatic carbocycles. The van der Waals surface area contributed by atoms with Crippen LogP contribution in [0.15, 0.2) is 0 Å². The molecule has 0 aromatic heterocycles. The van der Waals surface area contributed by atoms with Crippen molar-refractivity contribution in [3.8, 4) is 6.07 Å². The second-order valence-electron chi connectivity index (χ2n) is 5.90. The van der Waals surface area contributed by atoms with Crippen LogP contribution in [0.5, 0.6) is 0 Å². The Kier molecular flexibility index (Phi) is 4.43. The van der Waals surface area contributed by atoms with Gasteiger partial charge in [-0.15, -0.1) is 0 Å². The molecule has 1 amide bonds. The molecule has 0 aromatic rings. The van der Waals surface area contributed by atoms with Crippen molar-refractivity contribution < 1.29 is 9.53 Å². The van der Waals surface area contributed by atoms with Crippen LogP contribution < -0.4 is 5.32 Å². The number of morpholine rings is 1. The summed E-state index contributed by atoms with van der Waals surface area (Å²) < 4.78 is 5.65. The highest BCUT2D eigenvalue weighted by Gasteiger charge is 2.36. The summed E-state index contributed by atoms with van der Waals surface area (Å²) in [5.74, 6) is -0.0373. The number of amides is 1. The van der Waals surface area contributed by atoms with Gasteiger partial charge in [0.2, 0.25) is 5.91 Å². The van der Waals surface area contributed by atoms with E-state index in [1.165, 1.54) is 0 Å². The van der Waals surface area contributed by atoms with Crippen LogP contribution in [0, 0.1) is 11.3 Å². The molecule has 2 atom stereocenters. The fourth-order valence-corrected chi connectivity index (χ4v) is 3.17. The molecule has 0 spiro atoms. The number of hydrogen-bond donors (Lipinski definition) is 1. The zero-order chi connectivity index (χ0) is 13.9. The van der Waals surface area contributed by atoms with Crippen molar-refractivity contribution >= 4 is 5.91 Å². The Hall–Kier alpha value is -1.12. The molecule has 2 unspecified atom stereocenters. The Morgan fingerprint density at radius 1 is 1.37 bits per heavy atom. The van der Waals surface area contributed by atoms with Crippen LogP contribution in [-0.4, -0.2) is 48.2 Å². The van der Waals surface area contributed by atoms with E-state index < -0.39 is 5.54 Å². The molecule has 1 N–H and O–H groups in total. The van der Waals surface area contributed by atoms with Gasteiger partial charge in [-0.3, -0.25) is 9.69 Å². The first-order valence-corrected chi connectivity index (χ1v) is 7.13. The molecule has 0 bridgehead atoms. The molecular weight excluding hydrogens is 242 g/mol. The van der Waals surface area contributed by atoms with Crippen molar-refractivity contribution in [2.75, 3.05) is 19.6 Å². The summed E-state index contributed by atoms with van der Waals surface area (Å²) in [5, 5.41) is 12.2. The van der Waals surface area contributed by atoms with Gasteiger partial charge in [0.25, 0.3) is 0 Å². The zero-order valence-electron chi connectivity index (χ0n) is 11.8. The third-order valence-corrected chi connectivity index (χ3v) is 3.91. The Morgan fingerprint density at radius 2 is 1.95 bits per heavy atom.